The summed E-state index contributed by atoms with van der Waals surface area (Å²) < 4.78 is 21.4. The highest BCUT2D eigenvalue weighted by molar-refractivity contribution is 7.80. The van der Waals surface area contributed by atoms with Gasteiger partial charge in [0.2, 0.25) is 0 Å². The maximum absolute atomic E-state index is 14.7. The first-order valence-electron chi connectivity index (χ1n) is 14.5. The third-order valence-corrected chi connectivity index (χ3v) is 9.89. The van der Waals surface area contributed by atoms with E-state index in [9.17, 15) is 9.18 Å². The van der Waals surface area contributed by atoms with Gasteiger partial charge in [-0.15, -0.1) is 0 Å². The summed E-state index contributed by atoms with van der Waals surface area (Å²) in [4.78, 5) is 22.9. The zero-order valence-electron chi connectivity index (χ0n) is 24.4. The first kappa shape index (κ1) is 28.3. The number of methoxy groups -OCH3 is 1. The molecule has 3 fully saturated rings. The molecule has 3 aliphatic carbocycles. The van der Waals surface area contributed by atoms with Gasteiger partial charge in [0.15, 0.2) is 5.11 Å². The van der Waals surface area contributed by atoms with Gasteiger partial charge >= 0.3 is 0 Å². The molecule has 2 aromatic heterocycles. The number of thiocarbonyl (C=S) groups is 1. The summed E-state index contributed by atoms with van der Waals surface area (Å²) in [6.45, 7) is 7.36. The second-order valence-corrected chi connectivity index (χ2v) is 12.6. The van der Waals surface area contributed by atoms with Gasteiger partial charge in [0, 0.05) is 42.3 Å². The zero-order valence-corrected chi connectivity index (χ0v) is 25.2. The molecule has 2 bridgehead atoms. The number of nitrogens with zero attached hydrogens (tertiary/aromatic N) is 3. The van der Waals surface area contributed by atoms with Crippen LogP contribution in [0.2, 0.25) is 0 Å². The van der Waals surface area contributed by atoms with E-state index in [4.69, 9.17) is 21.9 Å². The summed E-state index contributed by atoms with van der Waals surface area (Å²) in [5.74, 6) is 2.56. The Hall–Kier alpha value is -3.85. The number of rotatable bonds is 7. The molecule has 7 nitrogen and oxygen atoms in total. The van der Waals surface area contributed by atoms with Gasteiger partial charge in [0.05, 0.1) is 18.0 Å². The normalized spacial score (nSPS) is 22.3. The number of fused-ring (bicyclic) bond motifs is 3. The number of halogens is 1. The molecule has 42 heavy (non-hydrogen) atoms. The average Bonchev–Trinajstić information content (AvgIpc) is 2.98. The summed E-state index contributed by atoms with van der Waals surface area (Å²) in [6, 6.07) is 14.2. The third-order valence-electron chi connectivity index (χ3n) is 9.67. The molecule has 3 saturated carbocycles. The summed E-state index contributed by atoms with van der Waals surface area (Å²) in [6.07, 6.45) is 6.10. The Morgan fingerprint density at radius 1 is 1.19 bits per heavy atom. The van der Waals surface area contributed by atoms with E-state index in [1.807, 2.05) is 18.2 Å². The average molecular weight is 586 g/mol. The molecular formula is C33H36FN5O2S. The quantitative estimate of drug-likeness (QED) is 0.250. The number of hydrogen-bond acceptors (Lipinski definition) is 5. The van der Waals surface area contributed by atoms with Gasteiger partial charge in [-0.1, -0.05) is 26.8 Å². The van der Waals surface area contributed by atoms with E-state index in [2.05, 4.69) is 36.4 Å². The lowest BCUT2D eigenvalue weighted by Gasteiger charge is -2.62. The number of benzene rings is 2. The van der Waals surface area contributed by atoms with Crippen LogP contribution in [0, 0.1) is 29.0 Å². The molecule has 218 valence electrons. The van der Waals surface area contributed by atoms with Gasteiger partial charge in [-0.3, -0.25) is 14.3 Å². The molecule has 2 heterocycles. The molecule has 0 radical (unpaired) electrons. The van der Waals surface area contributed by atoms with Crippen molar-refractivity contribution in [2.45, 2.75) is 52.6 Å². The molecule has 7 rings (SSSR count). The topological polar surface area (TPSA) is 81.1 Å². The molecular weight excluding hydrogens is 549 g/mol. The van der Waals surface area contributed by atoms with E-state index >= 15 is 0 Å². The predicted molar refractivity (Wildman–Crippen MR) is 168 cm³/mol. The lowest BCUT2D eigenvalue weighted by molar-refractivity contribution is -0.111. The van der Waals surface area contributed by atoms with Crippen molar-refractivity contribution in [2.75, 3.05) is 12.4 Å². The molecule has 2 N–H and O–H groups in total. The monoisotopic (exact) mass is 585 g/mol. The van der Waals surface area contributed by atoms with Gasteiger partial charge in [-0.2, -0.15) is 0 Å². The van der Waals surface area contributed by atoms with Gasteiger partial charge < -0.3 is 15.4 Å². The number of hydrogen-bond donors (Lipinski definition) is 2. The Labute approximate surface area is 250 Å². The fraction of sp³-hybridized carbons (Fsp3) is 0.394. The Balaban J connectivity index is 1.26. The highest BCUT2D eigenvalue weighted by Crippen LogP contribution is 2.61. The summed E-state index contributed by atoms with van der Waals surface area (Å²) in [5.41, 5.74) is 2.73. The van der Waals surface area contributed by atoms with Gasteiger partial charge in [-0.05, 0) is 96.6 Å². The molecule has 2 aromatic carbocycles. The smallest absolute Gasteiger partial charge is 0.261 e. The second-order valence-electron chi connectivity index (χ2n) is 12.2. The van der Waals surface area contributed by atoms with Crippen molar-refractivity contribution in [2.24, 2.45) is 23.2 Å². The van der Waals surface area contributed by atoms with Gasteiger partial charge in [0.25, 0.3) is 5.56 Å². The van der Waals surface area contributed by atoms with Crippen LogP contribution in [0.5, 0.6) is 5.75 Å². The van der Waals surface area contributed by atoms with Gasteiger partial charge in [0.1, 0.15) is 17.4 Å². The van der Waals surface area contributed by atoms with E-state index in [1.165, 1.54) is 19.6 Å². The van der Waals surface area contributed by atoms with Crippen molar-refractivity contribution in [3.05, 3.63) is 82.7 Å². The fourth-order valence-electron chi connectivity index (χ4n) is 6.99. The first-order valence-corrected chi connectivity index (χ1v) is 14.9. The number of anilines is 1. The highest BCUT2D eigenvalue weighted by Gasteiger charge is 2.56. The highest BCUT2D eigenvalue weighted by atomic mass is 32.1. The predicted octanol–water partition coefficient (Wildman–Crippen LogP) is 6.21. The maximum atomic E-state index is 14.7. The minimum Gasteiger partial charge on any atom is -0.497 e. The number of nitrogens with one attached hydrogen (secondary N) is 2. The maximum Gasteiger partial charge on any atom is 0.261 e. The van der Waals surface area contributed by atoms with Crippen LogP contribution in [-0.2, 0) is 13.0 Å². The largest absolute Gasteiger partial charge is 0.497 e. The van der Waals surface area contributed by atoms with Crippen LogP contribution in [0.25, 0.3) is 22.3 Å². The van der Waals surface area contributed by atoms with Crippen LogP contribution in [-0.4, -0.2) is 32.8 Å². The molecule has 4 atom stereocenters. The van der Waals surface area contributed by atoms with Crippen molar-refractivity contribution >= 4 is 33.9 Å². The molecule has 9 heteroatoms. The lowest BCUT2D eigenvalue weighted by Crippen LogP contribution is -2.61. The van der Waals surface area contributed by atoms with Crippen molar-refractivity contribution < 1.29 is 9.13 Å². The Morgan fingerprint density at radius 3 is 2.71 bits per heavy atom. The lowest BCUT2D eigenvalue weighted by atomic mass is 9.45. The molecule has 0 spiro atoms. The minimum atomic E-state index is -0.372. The van der Waals surface area contributed by atoms with E-state index < -0.39 is 0 Å². The van der Waals surface area contributed by atoms with Crippen LogP contribution in [0.4, 0.5) is 10.1 Å². The molecule has 4 aromatic rings. The minimum absolute atomic E-state index is 0.196. The SMILES string of the molecule is COc1ccc(CCn2c(-c3cccnc3)nc3cc(NC(=S)N[C@H]4C[C@H]5C[C@@H]([C@@H]4C)C5(C)C)ccc3c2=O)c(F)c1. The standard InChI is InChI=1S/C33H36FN5O2S/c1-19-26-14-22(33(26,2)3)15-28(19)38-32(42)36-23-8-10-25-29(16-23)37-30(21-6-5-12-35-18-21)39(31(25)40)13-11-20-7-9-24(41-4)17-27(20)34/h5-10,12,16-19,22,26,28H,11,13-15H2,1-4H3,(H2,36,38,42)/t19-,22+,26-,28-/m0/s1. The number of pyridine rings is 1. The molecule has 3 aliphatic rings. The summed E-state index contributed by atoms with van der Waals surface area (Å²) >= 11 is 5.70. The van der Waals surface area contributed by atoms with E-state index in [0.29, 0.717) is 62.5 Å². The summed E-state index contributed by atoms with van der Waals surface area (Å²) in [5, 5.41) is 7.92. The van der Waals surface area contributed by atoms with Crippen molar-refractivity contribution in [1.29, 1.82) is 0 Å². The van der Waals surface area contributed by atoms with Crippen molar-refractivity contribution in [3.8, 4) is 17.1 Å². The Kier molecular flexibility index (Phi) is 7.47. The number of ether oxygens (including phenoxy) is 1. The van der Waals surface area contributed by atoms with Crippen LogP contribution in [0.1, 0.15) is 39.2 Å². The number of aryl methyl sites for hydroxylation is 1. The van der Waals surface area contributed by atoms with E-state index in [0.717, 1.165) is 23.9 Å². The van der Waals surface area contributed by atoms with Crippen LogP contribution in [0.15, 0.2) is 65.7 Å². The number of aromatic nitrogens is 3. The first-order chi connectivity index (χ1) is 20.2. The summed E-state index contributed by atoms with van der Waals surface area (Å²) in [7, 11) is 1.50. The fourth-order valence-corrected chi connectivity index (χ4v) is 7.26. The van der Waals surface area contributed by atoms with Crippen LogP contribution in [0.3, 0.4) is 0 Å². The zero-order chi connectivity index (χ0) is 29.6. The Morgan fingerprint density at radius 2 is 2.02 bits per heavy atom. The molecule has 0 amide bonds. The molecule has 0 unspecified atom stereocenters. The Bertz CT molecular complexity index is 1710. The molecule has 0 saturated heterocycles. The van der Waals surface area contributed by atoms with E-state index in [1.54, 1.807) is 41.2 Å². The second kappa shape index (κ2) is 11.1. The van der Waals surface area contributed by atoms with Gasteiger partial charge in [-0.25, -0.2) is 9.37 Å². The van der Waals surface area contributed by atoms with Crippen LogP contribution >= 0.6 is 12.2 Å². The van der Waals surface area contributed by atoms with E-state index in [-0.39, 0.29) is 17.9 Å². The van der Waals surface area contributed by atoms with Crippen LogP contribution < -0.4 is 20.9 Å². The molecule has 0 aliphatic heterocycles. The third kappa shape index (κ3) is 5.15. The van der Waals surface area contributed by atoms with Crippen molar-refractivity contribution in [1.82, 2.24) is 19.9 Å². The van der Waals surface area contributed by atoms with Crippen molar-refractivity contribution in [3.63, 3.8) is 0 Å².